The van der Waals surface area contributed by atoms with Gasteiger partial charge in [-0.05, 0) is 54.5 Å². The average Bonchev–Trinajstić information content (AvgIpc) is 3.38. The molecule has 0 aromatic heterocycles. The van der Waals surface area contributed by atoms with E-state index >= 15 is 0 Å². The summed E-state index contributed by atoms with van der Waals surface area (Å²) in [5.74, 6) is -1.24. The van der Waals surface area contributed by atoms with Crippen molar-refractivity contribution in [2.75, 3.05) is 33.1 Å². The number of hydrogen-bond donors (Lipinski definition) is 3. The van der Waals surface area contributed by atoms with Crippen LogP contribution in [-0.4, -0.2) is 81.2 Å². The Kier molecular flexibility index (Phi) is 13.8. The van der Waals surface area contributed by atoms with Gasteiger partial charge in [0.25, 0.3) is 0 Å². The van der Waals surface area contributed by atoms with Crippen LogP contribution >= 0.6 is 0 Å². The molecule has 0 radical (unpaired) electrons. The minimum atomic E-state index is -4.67. The number of allylic oxidation sites excluding steroid dienone is 1. The van der Waals surface area contributed by atoms with Gasteiger partial charge in [-0.25, -0.2) is 8.42 Å². The summed E-state index contributed by atoms with van der Waals surface area (Å²) in [4.78, 5) is 13.6. The van der Waals surface area contributed by atoms with E-state index in [1.165, 1.54) is 6.08 Å². The molecular formula is C33H44F3N3O6S. The van der Waals surface area contributed by atoms with Gasteiger partial charge >= 0.3 is 6.18 Å². The van der Waals surface area contributed by atoms with Gasteiger partial charge < -0.3 is 25.2 Å². The third-order valence-electron chi connectivity index (χ3n) is 8.01. The van der Waals surface area contributed by atoms with E-state index in [9.17, 15) is 31.5 Å². The number of carbonyl (C=O) groups is 1. The molecule has 1 aliphatic carbocycles. The zero-order valence-corrected chi connectivity index (χ0v) is 27.0. The van der Waals surface area contributed by atoms with E-state index in [4.69, 9.17) is 9.47 Å². The van der Waals surface area contributed by atoms with Gasteiger partial charge in [0.1, 0.15) is 11.8 Å². The van der Waals surface area contributed by atoms with Crippen molar-refractivity contribution in [1.82, 2.24) is 14.9 Å². The molecule has 1 aliphatic rings. The van der Waals surface area contributed by atoms with Crippen molar-refractivity contribution < 1.29 is 41.0 Å². The molecule has 13 heteroatoms. The zero-order valence-electron chi connectivity index (χ0n) is 26.2. The minimum absolute atomic E-state index is 0.00370. The molecule has 0 heterocycles. The first-order valence-electron chi connectivity index (χ1n) is 15.1. The lowest BCUT2D eigenvalue weighted by molar-refractivity contribution is -0.130. The van der Waals surface area contributed by atoms with Gasteiger partial charge in [-0.3, -0.25) is 4.79 Å². The SMILES string of the molecule is C=CCC[C@@H](C(=O)N[C@@H](Cc1ccccc1)[C@H](O)CN[C@H]1C[C@@H](OCC=C)c2ccc(OC)cc21)N(C)S(=O)(=O)CCC(F)(F)F. The smallest absolute Gasteiger partial charge is 0.390 e. The fraction of sp³-hybridized carbons (Fsp3) is 0.485. The number of sulfonamides is 1. The Morgan fingerprint density at radius 3 is 2.50 bits per heavy atom. The number of hydrogen-bond acceptors (Lipinski definition) is 7. The topological polar surface area (TPSA) is 117 Å². The Hall–Kier alpha value is -3.23. The monoisotopic (exact) mass is 667 g/mol. The lowest BCUT2D eigenvalue weighted by Gasteiger charge is -2.31. The van der Waals surface area contributed by atoms with Crippen LogP contribution in [-0.2, 0) is 26.0 Å². The van der Waals surface area contributed by atoms with Crippen LogP contribution in [0, 0.1) is 0 Å². The number of benzene rings is 2. The van der Waals surface area contributed by atoms with Crippen LogP contribution in [0.5, 0.6) is 5.75 Å². The molecule has 46 heavy (non-hydrogen) atoms. The van der Waals surface area contributed by atoms with Crippen LogP contribution in [0.1, 0.15) is 54.5 Å². The molecule has 254 valence electrons. The summed E-state index contributed by atoms with van der Waals surface area (Å²) in [5.41, 5.74) is 2.76. The van der Waals surface area contributed by atoms with Gasteiger partial charge in [-0.1, -0.05) is 48.6 Å². The van der Waals surface area contributed by atoms with Gasteiger partial charge in [0, 0.05) is 19.6 Å². The maximum absolute atomic E-state index is 13.6. The first-order valence-corrected chi connectivity index (χ1v) is 16.7. The number of amides is 1. The largest absolute Gasteiger partial charge is 0.497 e. The van der Waals surface area contributed by atoms with Crippen LogP contribution in [0.3, 0.4) is 0 Å². The van der Waals surface area contributed by atoms with Gasteiger partial charge in [0.2, 0.25) is 15.9 Å². The molecule has 3 rings (SSSR count). The third kappa shape index (κ3) is 10.7. The molecular weight excluding hydrogens is 623 g/mol. The molecule has 9 nitrogen and oxygen atoms in total. The van der Waals surface area contributed by atoms with Crippen molar-refractivity contribution in [1.29, 1.82) is 0 Å². The molecule has 0 saturated carbocycles. The van der Waals surface area contributed by atoms with Gasteiger partial charge in [-0.15, -0.1) is 13.2 Å². The number of methoxy groups -OCH3 is 1. The lowest BCUT2D eigenvalue weighted by Crippen LogP contribution is -2.55. The summed E-state index contributed by atoms with van der Waals surface area (Å²) in [6.45, 7) is 7.76. The number of rotatable bonds is 19. The summed E-state index contributed by atoms with van der Waals surface area (Å²) in [7, 11) is -1.76. The number of ether oxygens (including phenoxy) is 2. The number of carbonyl (C=O) groups excluding carboxylic acids is 1. The molecule has 5 atom stereocenters. The number of aliphatic hydroxyl groups excluding tert-OH is 1. The fourth-order valence-corrected chi connectivity index (χ4v) is 6.82. The molecule has 0 aliphatic heterocycles. The fourth-order valence-electron chi connectivity index (χ4n) is 5.45. The quantitative estimate of drug-likeness (QED) is 0.188. The van der Waals surface area contributed by atoms with Crippen molar-refractivity contribution >= 4 is 15.9 Å². The normalized spacial score (nSPS) is 18.4. The summed E-state index contributed by atoms with van der Waals surface area (Å²) in [6, 6.07) is 12.5. The summed E-state index contributed by atoms with van der Waals surface area (Å²) in [6.07, 6.45) is -3.33. The molecule has 2 aromatic carbocycles. The van der Waals surface area contributed by atoms with E-state index in [0.29, 0.717) is 23.1 Å². The molecule has 0 spiro atoms. The first-order chi connectivity index (χ1) is 21.8. The molecule has 1 amide bonds. The first kappa shape index (κ1) is 37.2. The molecule has 2 aromatic rings. The number of likely N-dealkylation sites (N-methyl/N-ethyl adjacent to an activating group) is 1. The van der Waals surface area contributed by atoms with E-state index < -0.39 is 52.5 Å². The van der Waals surface area contributed by atoms with Gasteiger partial charge in [0.15, 0.2) is 0 Å². The highest BCUT2D eigenvalue weighted by Gasteiger charge is 2.37. The summed E-state index contributed by atoms with van der Waals surface area (Å²) in [5, 5.41) is 17.6. The van der Waals surface area contributed by atoms with Crippen molar-refractivity contribution in [3.63, 3.8) is 0 Å². The molecule has 0 fully saturated rings. The van der Waals surface area contributed by atoms with Crippen LogP contribution < -0.4 is 15.4 Å². The number of nitrogens with one attached hydrogen (secondary N) is 2. The highest BCUT2D eigenvalue weighted by Crippen LogP contribution is 2.42. The number of fused-ring (bicyclic) bond motifs is 1. The Morgan fingerprint density at radius 1 is 1.15 bits per heavy atom. The highest BCUT2D eigenvalue weighted by atomic mass is 32.2. The second-order valence-corrected chi connectivity index (χ2v) is 13.4. The third-order valence-corrected chi connectivity index (χ3v) is 9.87. The lowest BCUT2D eigenvalue weighted by atomic mass is 9.99. The highest BCUT2D eigenvalue weighted by molar-refractivity contribution is 7.89. The van der Waals surface area contributed by atoms with E-state index in [0.717, 1.165) is 23.7 Å². The van der Waals surface area contributed by atoms with E-state index in [1.807, 2.05) is 48.5 Å². The Balaban J connectivity index is 1.81. The molecule has 0 saturated heterocycles. The van der Waals surface area contributed by atoms with Crippen molar-refractivity contribution in [3.05, 3.63) is 90.5 Å². The number of alkyl halides is 3. The summed E-state index contributed by atoms with van der Waals surface area (Å²) < 4.78 is 76.2. The number of aliphatic hydroxyl groups is 1. The van der Waals surface area contributed by atoms with Gasteiger partial charge in [0.05, 0.1) is 44.1 Å². The zero-order chi connectivity index (χ0) is 33.9. The minimum Gasteiger partial charge on any atom is -0.497 e. The maximum atomic E-state index is 13.6. The Bertz CT molecular complexity index is 1410. The second kappa shape index (κ2) is 17.1. The van der Waals surface area contributed by atoms with E-state index in [2.05, 4.69) is 23.8 Å². The predicted molar refractivity (Wildman–Crippen MR) is 171 cm³/mol. The van der Waals surface area contributed by atoms with Crippen LogP contribution in [0.25, 0.3) is 0 Å². The Morgan fingerprint density at radius 2 is 1.87 bits per heavy atom. The van der Waals surface area contributed by atoms with Crippen molar-refractivity contribution in [3.8, 4) is 5.75 Å². The second-order valence-electron chi connectivity index (χ2n) is 11.3. The van der Waals surface area contributed by atoms with Crippen molar-refractivity contribution in [2.45, 2.75) is 68.6 Å². The number of halogens is 3. The number of nitrogens with zero attached hydrogens (tertiary/aromatic N) is 1. The van der Waals surface area contributed by atoms with E-state index in [1.54, 1.807) is 13.2 Å². The van der Waals surface area contributed by atoms with Crippen LogP contribution in [0.2, 0.25) is 0 Å². The summed E-state index contributed by atoms with van der Waals surface area (Å²) >= 11 is 0. The molecule has 3 N–H and O–H groups in total. The van der Waals surface area contributed by atoms with Crippen LogP contribution in [0.15, 0.2) is 73.8 Å². The predicted octanol–water partition coefficient (Wildman–Crippen LogP) is 4.61. The molecule has 0 unspecified atom stereocenters. The average molecular weight is 668 g/mol. The maximum Gasteiger partial charge on any atom is 0.390 e. The Labute approximate surface area is 269 Å². The standard InChI is InChI=1S/C33H44F3N3O6S/c1-5-7-13-29(39(3)46(42,43)18-16-33(34,35)36)32(41)38-28(19-23-11-9-8-10-12-23)30(40)22-37-27-21-31(45-17-6-2)25-15-14-24(44-4)20-26(25)27/h5-6,8-12,14-15,20,27-31,37,40H,1-2,7,13,16-19,21-22H2,3-4H3,(H,38,41)/t27-,28-,29-,30+,31+/m0/s1. The van der Waals surface area contributed by atoms with Crippen LogP contribution in [0.4, 0.5) is 13.2 Å². The van der Waals surface area contributed by atoms with E-state index in [-0.39, 0.29) is 38.0 Å². The molecule has 0 bridgehead atoms. The van der Waals surface area contributed by atoms with Crippen molar-refractivity contribution in [2.24, 2.45) is 0 Å². The van der Waals surface area contributed by atoms with Gasteiger partial charge in [-0.2, -0.15) is 17.5 Å².